The number of nitrogens with one attached hydrogen (secondary N) is 1. The first kappa shape index (κ1) is 13.2. The molecular weight excluding hydrogens is 250 g/mol. The smallest absolute Gasteiger partial charge is 0.240 e. The van der Waals surface area contributed by atoms with Crippen LogP contribution in [-0.4, -0.2) is 21.2 Å². The molecule has 1 aromatic rings. The molecule has 4 nitrogen and oxygen atoms in total. The molecule has 0 amide bonds. The molecule has 0 atom stereocenters. The maximum Gasteiger partial charge on any atom is 0.240 e. The van der Waals surface area contributed by atoms with E-state index in [-0.39, 0.29) is 27.7 Å². The summed E-state index contributed by atoms with van der Waals surface area (Å²) in [5.74, 6) is -0.182. The zero-order chi connectivity index (χ0) is 12.3. The van der Waals surface area contributed by atoms with Crippen LogP contribution in [0.1, 0.15) is 23.7 Å². The Morgan fingerprint density at radius 2 is 2.06 bits per heavy atom. The lowest BCUT2D eigenvalue weighted by molar-refractivity contribution is 0.0988. The van der Waals surface area contributed by atoms with Crippen LogP contribution >= 0.6 is 11.6 Å². The Morgan fingerprint density at radius 3 is 2.56 bits per heavy atom. The van der Waals surface area contributed by atoms with Crippen LogP contribution in [0.2, 0.25) is 5.02 Å². The van der Waals surface area contributed by atoms with E-state index >= 15 is 0 Å². The fourth-order valence-corrected chi connectivity index (χ4v) is 2.17. The van der Waals surface area contributed by atoms with Crippen LogP contribution in [0.5, 0.6) is 0 Å². The first-order valence-electron chi connectivity index (χ1n) is 4.68. The van der Waals surface area contributed by atoms with Gasteiger partial charge in [0.2, 0.25) is 10.0 Å². The standard InChI is InChI=1S/C10H12ClNO3S/c1-3-10(13)8-6-7(4-5-9(8)11)16(14,15)12-2/h4-6,12H,3H2,1-2H3. The molecule has 0 bridgehead atoms. The Kier molecular flexibility index (Phi) is 4.07. The van der Waals surface area contributed by atoms with Crippen molar-refractivity contribution >= 4 is 27.4 Å². The van der Waals surface area contributed by atoms with E-state index in [1.54, 1.807) is 6.92 Å². The number of ketones is 1. The van der Waals surface area contributed by atoms with Gasteiger partial charge in [-0.2, -0.15) is 0 Å². The molecule has 0 spiro atoms. The maximum absolute atomic E-state index is 11.5. The van der Waals surface area contributed by atoms with Gasteiger partial charge in [0.1, 0.15) is 0 Å². The van der Waals surface area contributed by atoms with Crippen molar-refractivity contribution in [3.8, 4) is 0 Å². The Bertz CT molecular complexity index is 511. The summed E-state index contributed by atoms with van der Waals surface area (Å²) in [5.41, 5.74) is 0.237. The van der Waals surface area contributed by atoms with E-state index in [4.69, 9.17) is 11.6 Å². The quantitative estimate of drug-likeness (QED) is 0.842. The van der Waals surface area contributed by atoms with Gasteiger partial charge in [-0.1, -0.05) is 18.5 Å². The van der Waals surface area contributed by atoms with Gasteiger partial charge in [0.05, 0.1) is 9.92 Å². The molecule has 0 aromatic heterocycles. The van der Waals surface area contributed by atoms with Gasteiger partial charge >= 0.3 is 0 Å². The molecule has 16 heavy (non-hydrogen) atoms. The highest BCUT2D eigenvalue weighted by molar-refractivity contribution is 7.89. The average molecular weight is 262 g/mol. The lowest BCUT2D eigenvalue weighted by atomic mass is 10.1. The van der Waals surface area contributed by atoms with Gasteiger partial charge in [0, 0.05) is 12.0 Å². The fourth-order valence-electron chi connectivity index (χ4n) is 1.19. The molecule has 0 aliphatic heterocycles. The normalized spacial score (nSPS) is 11.4. The second-order valence-electron chi connectivity index (χ2n) is 3.13. The second kappa shape index (κ2) is 4.95. The highest BCUT2D eigenvalue weighted by Gasteiger charge is 2.16. The van der Waals surface area contributed by atoms with E-state index in [0.29, 0.717) is 0 Å². The number of rotatable bonds is 4. The van der Waals surface area contributed by atoms with E-state index in [1.165, 1.54) is 25.2 Å². The lowest BCUT2D eigenvalue weighted by Gasteiger charge is -2.06. The van der Waals surface area contributed by atoms with E-state index in [2.05, 4.69) is 4.72 Å². The van der Waals surface area contributed by atoms with Gasteiger partial charge in [-0.25, -0.2) is 13.1 Å². The van der Waals surface area contributed by atoms with Crippen LogP contribution in [0.15, 0.2) is 23.1 Å². The van der Waals surface area contributed by atoms with Gasteiger partial charge in [-0.15, -0.1) is 0 Å². The minimum absolute atomic E-state index is 0.0381. The first-order valence-corrected chi connectivity index (χ1v) is 6.54. The van der Waals surface area contributed by atoms with Crippen molar-refractivity contribution in [3.05, 3.63) is 28.8 Å². The molecule has 88 valence electrons. The molecule has 6 heteroatoms. The van der Waals surface area contributed by atoms with E-state index in [0.717, 1.165) is 0 Å². The summed E-state index contributed by atoms with van der Waals surface area (Å²) in [6.07, 6.45) is 0.281. The summed E-state index contributed by atoms with van der Waals surface area (Å²) in [5, 5.41) is 0.266. The lowest BCUT2D eigenvalue weighted by Crippen LogP contribution is -2.19. The Morgan fingerprint density at radius 1 is 1.44 bits per heavy atom. The predicted octanol–water partition coefficient (Wildman–Crippen LogP) is 1.84. The molecule has 0 fully saturated rings. The highest BCUT2D eigenvalue weighted by atomic mass is 35.5. The van der Waals surface area contributed by atoms with Crippen LogP contribution in [-0.2, 0) is 10.0 Å². The monoisotopic (exact) mass is 261 g/mol. The van der Waals surface area contributed by atoms with Crippen LogP contribution in [0.4, 0.5) is 0 Å². The Labute approximate surface area is 99.7 Å². The van der Waals surface area contributed by atoms with E-state index in [1.807, 2.05) is 0 Å². The fraction of sp³-hybridized carbons (Fsp3) is 0.300. The molecule has 0 radical (unpaired) electrons. The molecule has 0 heterocycles. The van der Waals surface area contributed by atoms with Crippen LogP contribution in [0, 0.1) is 0 Å². The number of Topliss-reactive ketones (excluding diaryl/α,β-unsaturated/α-hetero) is 1. The van der Waals surface area contributed by atoms with Crippen molar-refractivity contribution in [2.45, 2.75) is 18.2 Å². The summed E-state index contributed by atoms with van der Waals surface area (Å²) >= 11 is 5.83. The van der Waals surface area contributed by atoms with Crippen LogP contribution in [0.25, 0.3) is 0 Å². The van der Waals surface area contributed by atoms with Crippen molar-refractivity contribution in [1.82, 2.24) is 4.72 Å². The van der Waals surface area contributed by atoms with Crippen molar-refractivity contribution in [2.24, 2.45) is 0 Å². The summed E-state index contributed by atoms with van der Waals surface area (Å²) in [6.45, 7) is 1.69. The Hall–Kier alpha value is -0.910. The van der Waals surface area contributed by atoms with Gasteiger partial charge in [0.15, 0.2) is 5.78 Å². The largest absolute Gasteiger partial charge is 0.294 e. The maximum atomic E-state index is 11.5. The van der Waals surface area contributed by atoms with Gasteiger partial charge in [-0.05, 0) is 25.2 Å². The molecule has 0 aliphatic carbocycles. The first-order chi connectivity index (χ1) is 7.42. The molecule has 0 unspecified atom stereocenters. The number of hydrogen-bond acceptors (Lipinski definition) is 3. The molecule has 0 saturated carbocycles. The summed E-state index contributed by atoms with van der Waals surface area (Å²) in [4.78, 5) is 11.5. The molecular formula is C10H12ClNO3S. The number of carbonyl (C=O) groups excluding carboxylic acids is 1. The molecule has 1 N–H and O–H groups in total. The number of halogens is 1. The summed E-state index contributed by atoms with van der Waals surface area (Å²) in [6, 6.07) is 4.06. The van der Waals surface area contributed by atoms with E-state index < -0.39 is 10.0 Å². The third-order valence-corrected chi connectivity index (χ3v) is 3.88. The topological polar surface area (TPSA) is 63.2 Å². The minimum atomic E-state index is -3.54. The average Bonchev–Trinajstić information content (AvgIpc) is 2.28. The van der Waals surface area contributed by atoms with Crippen molar-refractivity contribution in [1.29, 1.82) is 0 Å². The van der Waals surface area contributed by atoms with Gasteiger partial charge in [-0.3, -0.25) is 4.79 Å². The molecule has 0 saturated heterocycles. The van der Waals surface area contributed by atoms with Crippen LogP contribution < -0.4 is 4.72 Å². The molecule has 0 aliphatic rings. The Balaban J connectivity index is 3.34. The zero-order valence-electron chi connectivity index (χ0n) is 8.95. The van der Waals surface area contributed by atoms with Crippen molar-refractivity contribution < 1.29 is 13.2 Å². The summed E-state index contributed by atoms with van der Waals surface area (Å²) < 4.78 is 25.2. The van der Waals surface area contributed by atoms with E-state index in [9.17, 15) is 13.2 Å². The minimum Gasteiger partial charge on any atom is -0.294 e. The highest BCUT2D eigenvalue weighted by Crippen LogP contribution is 2.21. The van der Waals surface area contributed by atoms with Crippen LogP contribution in [0.3, 0.4) is 0 Å². The molecule has 1 rings (SSSR count). The third kappa shape index (κ3) is 2.61. The van der Waals surface area contributed by atoms with Crippen molar-refractivity contribution in [2.75, 3.05) is 7.05 Å². The van der Waals surface area contributed by atoms with Gasteiger partial charge < -0.3 is 0 Å². The van der Waals surface area contributed by atoms with Crippen molar-refractivity contribution in [3.63, 3.8) is 0 Å². The SMILES string of the molecule is CCC(=O)c1cc(S(=O)(=O)NC)ccc1Cl. The molecule has 1 aromatic carbocycles. The number of carbonyl (C=O) groups is 1. The number of benzene rings is 1. The van der Waals surface area contributed by atoms with Gasteiger partial charge in [0.25, 0.3) is 0 Å². The predicted molar refractivity (Wildman–Crippen MR) is 62.3 cm³/mol. The second-order valence-corrected chi connectivity index (χ2v) is 5.42. The third-order valence-electron chi connectivity index (χ3n) is 2.14. The summed E-state index contributed by atoms with van der Waals surface area (Å²) in [7, 11) is -2.23. The number of sulfonamides is 1. The zero-order valence-corrected chi connectivity index (χ0v) is 10.5. The number of hydrogen-bond donors (Lipinski definition) is 1.